The van der Waals surface area contributed by atoms with Crippen LogP contribution in [0.3, 0.4) is 0 Å². The van der Waals surface area contributed by atoms with Crippen molar-refractivity contribution in [2.24, 2.45) is 5.73 Å². The van der Waals surface area contributed by atoms with E-state index in [2.05, 4.69) is 4.98 Å². The van der Waals surface area contributed by atoms with Crippen LogP contribution in [0.2, 0.25) is 0 Å². The molecule has 3 nitrogen and oxygen atoms in total. The highest BCUT2D eigenvalue weighted by molar-refractivity contribution is 7.13. The number of aromatic amines is 1. The first-order valence-corrected chi connectivity index (χ1v) is 5.21. The Morgan fingerprint density at radius 3 is 2.80 bits per heavy atom. The van der Waals surface area contributed by atoms with Crippen LogP contribution in [0.25, 0.3) is 10.4 Å². The fourth-order valence-corrected chi connectivity index (χ4v) is 2.26. The summed E-state index contributed by atoms with van der Waals surface area (Å²) in [6.07, 6.45) is 0. The number of H-pyrrole nitrogens is 1. The van der Waals surface area contributed by atoms with E-state index >= 15 is 0 Å². The Morgan fingerprint density at radius 2 is 2.13 bits per heavy atom. The lowest BCUT2D eigenvalue weighted by Crippen LogP contribution is -2.01. The molecular weight excluding hydrogens is 215 g/mol. The van der Waals surface area contributed by atoms with Crippen molar-refractivity contribution in [1.29, 1.82) is 0 Å². The van der Waals surface area contributed by atoms with Crippen LogP contribution in [-0.2, 0) is 6.54 Å². The molecule has 2 aromatic rings. The van der Waals surface area contributed by atoms with Crippen LogP contribution in [0.4, 0.5) is 4.39 Å². The van der Waals surface area contributed by atoms with Gasteiger partial charge in [0.2, 0.25) is 0 Å². The summed E-state index contributed by atoms with van der Waals surface area (Å²) in [5.74, 6) is -0.345. The highest BCUT2D eigenvalue weighted by Crippen LogP contribution is 2.27. The first kappa shape index (κ1) is 10.1. The molecule has 15 heavy (non-hydrogen) atoms. The summed E-state index contributed by atoms with van der Waals surface area (Å²) in [5, 5.41) is 0. The SMILES string of the molecule is NCc1[nH]c(=O)sc1-c1ccccc1F. The summed E-state index contributed by atoms with van der Waals surface area (Å²) < 4.78 is 13.5. The van der Waals surface area contributed by atoms with Gasteiger partial charge in [0.05, 0.1) is 10.6 Å². The molecule has 0 radical (unpaired) electrons. The summed E-state index contributed by atoms with van der Waals surface area (Å²) in [7, 11) is 0. The molecule has 3 N–H and O–H groups in total. The predicted molar refractivity (Wildman–Crippen MR) is 58.2 cm³/mol. The molecule has 0 aliphatic carbocycles. The van der Waals surface area contributed by atoms with E-state index in [0.717, 1.165) is 11.3 Å². The van der Waals surface area contributed by atoms with Gasteiger partial charge in [0.1, 0.15) is 5.82 Å². The maximum Gasteiger partial charge on any atom is 0.305 e. The predicted octanol–water partition coefficient (Wildman–Crippen LogP) is 1.70. The second-order valence-corrected chi connectivity index (χ2v) is 3.99. The van der Waals surface area contributed by atoms with Crippen molar-refractivity contribution in [3.63, 3.8) is 0 Å². The van der Waals surface area contributed by atoms with Gasteiger partial charge in [0, 0.05) is 12.1 Å². The molecule has 0 bridgehead atoms. The number of aromatic nitrogens is 1. The van der Waals surface area contributed by atoms with Crippen LogP contribution in [-0.4, -0.2) is 4.98 Å². The molecule has 1 aromatic carbocycles. The van der Waals surface area contributed by atoms with Crippen molar-refractivity contribution >= 4 is 11.3 Å². The zero-order valence-corrected chi connectivity index (χ0v) is 8.60. The lowest BCUT2D eigenvalue weighted by molar-refractivity contribution is 0.631. The number of nitrogens with one attached hydrogen (secondary N) is 1. The third kappa shape index (κ3) is 1.84. The topological polar surface area (TPSA) is 58.9 Å². The number of hydrogen-bond donors (Lipinski definition) is 2. The molecule has 0 amide bonds. The Labute approximate surface area is 89.4 Å². The monoisotopic (exact) mass is 224 g/mol. The maximum absolute atomic E-state index is 13.5. The van der Waals surface area contributed by atoms with Crippen LogP contribution in [0.5, 0.6) is 0 Å². The van der Waals surface area contributed by atoms with Crippen LogP contribution >= 0.6 is 11.3 Å². The quantitative estimate of drug-likeness (QED) is 0.815. The van der Waals surface area contributed by atoms with Gasteiger partial charge in [-0.05, 0) is 6.07 Å². The van der Waals surface area contributed by atoms with Crippen molar-refractivity contribution in [3.8, 4) is 10.4 Å². The fraction of sp³-hybridized carbons (Fsp3) is 0.100. The van der Waals surface area contributed by atoms with Gasteiger partial charge in [-0.1, -0.05) is 29.5 Å². The van der Waals surface area contributed by atoms with Gasteiger partial charge in [-0.3, -0.25) is 4.79 Å². The molecule has 0 fully saturated rings. The Hall–Kier alpha value is -1.46. The van der Waals surface area contributed by atoms with Gasteiger partial charge < -0.3 is 10.7 Å². The van der Waals surface area contributed by atoms with Crippen molar-refractivity contribution in [3.05, 3.63) is 45.4 Å². The van der Waals surface area contributed by atoms with Gasteiger partial charge >= 0.3 is 4.87 Å². The summed E-state index contributed by atoms with van der Waals surface area (Å²) in [6.45, 7) is 0.197. The fourth-order valence-electron chi connectivity index (χ4n) is 1.37. The Morgan fingerprint density at radius 1 is 1.40 bits per heavy atom. The largest absolute Gasteiger partial charge is 0.325 e. The van der Waals surface area contributed by atoms with E-state index in [9.17, 15) is 9.18 Å². The molecule has 0 saturated carbocycles. The van der Waals surface area contributed by atoms with Gasteiger partial charge in [-0.2, -0.15) is 0 Å². The van der Waals surface area contributed by atoms with E-state index in [0.29, 0.717) is 16.1 Å². The highest BCUT2D eigenvalue weighted by Gasteiger charge is 2.12. The zero-order valence-electron chi connectivity index (χ0n) is 7.79. The molecule has 5 heteroatoms. The van der Waals surface area contributed by atoms with Gasteiger partial charge in [-0.15, -0.1) is 0 Å². The molecule has 78 valence electrons. The number of rotatable bonds is 2. The van der Waals surface area contributed by atoms with Crippen LogP contribution in [0, 0.1) is 5.82 Å². The molecule has 1 aromatic heterocycles. The van der Waals surface area contributed by atoms with Gasteiger partial charge in [-0.25, -0.2) is 4.39 Å². The smallest absolute Gasteiger partial charge is 0.305 e. The number of halogens is 1. The van der Waals surface area contributed by atoms with E-state index in [1.165, 1.54) is 6.07 Å². The molecular formula is C10H9FN2OS. The minimum atomic E-state index is -0.345. The van der Waals surface area contributed by atoms with E-state index in [1.807, 2.05) is 0 Å². The van der Waals surface area contributed by atoms with E-state index in [4.69, 9.17) is 5.73 Å². The molecule has 0 atom stereocenters. The van der Waals surface area contributed by atoms with E-state index in [1.54, 1.807) is 18.2 Å². The zero-order chi connectivity index (χ0) is 10.8. The van der Waals surface area contributed by atoms with Crippen molar-refractivity contribution in [1.82, 2.24) is 4.98 Å². The first-order valence-electron chi connectivity index (χ1n) is 4.39. The van der Waals surface area contributed by atoms with Crippen LogP contribution in [0.1, 0.15) is 5.69 Å². The average molecular weight is 224 g/mol. The van der Waals surface area contributed by atoms with E-state index < -0.39 is 0 Å². The number of thiazole rings is 1. The normalized spacial score (nSPS) is 10.5. The molecule has 1 heterocycles. The molecule has 0 unspecified atom stereocenters. The lowest BCUT2D eigenvalue weighted by Gasteiger charge is -2.01. The van der Waals surface area contributed by atoms with Crippen LogP contribution in [0.15, 0.2) is 29.1 Å². The molecule has 0 aliphatic heterocycles. The Bertz CT molecular complexity index is 532. The second-order valence-electron chi connectivity index (χ2n) is 3.01. The van der Waals surface area contributed by atoms with Crippen molar-refractivity contribution in [2.45, 2.75) is 6.54 Å². The second kappa shape index (κ2) is 3.96. The molecule has 0 aliphatic rings. The Kier molecular flexibility index (Phi) is 2.66. The van der Waals surface area contributed by atoms with Gasteiger partial charge in [0.25, 0.3) is 0 Å². The molecule has 0 spiro atoms. The summed E-state index contributed by atoms with van der Waals surface area (Å²) in [4.78, 5) is 14.1. The Balaban J connectivity index is 2.63. The summed E-state index contributed by atoms with van der Waals surface area (Å²) in [5.41, 5.74) is 6.46. The first-order chi connectivity index (χ1) is 7.22. The molecule has 2 rings (SSSR count). The van der Waals surface area contributed by atoms with E-state index in [-0.39, 0.29) is 17.2 Å². The third-order valence-corrected chi connectivity index (χ3v) is 3.00. The third-order valence-electron chi connectivity index (χ3n) is 2.04. The number of hydrogen-bond acceptors (Lipinski definition) is 3. The maximum atomic E-state index is 13.5. The number of nitrogens with two attached hydrogens (primary N) is 1. The van der Waals surface area contributed by atoms with Crippen LogP contribution < -0.4 is 10.6 Å². The van der Waals surface area contributed by atoms with Gasteiger partial charge in [0.15, 0.2) is 0 Å². The molecule has 0 saturated heterocycles. The summed E-state index contributed by atoms with van der Waals surface area (Å²) in [6, 6.07) is 6.33. The van der Waals surface area contributed by atoms with Crippen molar-refractivity contribution < 1.29 is 4.39 Å². The summed E-state index contributed by atoms with van der Waals surface area (Å²) >= 11 is 0.975. The lowest BCUT2D eigenvalue weighted by atomic mass is 10.1. The minimum Gasteiger partial charge on any atom is -0.325 e. The standard InChI is InChI=1S/C10H9FN2OS/c11-7-4-2-1-3-6(7)9-8(5-12)13-10(14)15-9/h1-4H,5,12H2,(H,13,14). The van der Waals surface area contributed by atoms with Crippen molar-refractivity contribution in [2.75, 3.05) is 0 Å². The highest BCUT2D eigenvalue weighted by atomic mass is 32.1. The minimum absolute atomic E-state index is 0.197. The number of benzene rings is 1. The average Bonchev–Trinajstić information content (AvgIpc) is 2.60.